The molecule has 0 radical (unpaired) electrons. The quantitative estimate of drug-likeness (QED) is 0.821. The summed E-state index contributed by atoms with van der Waals surface area (Å²) >= 11 is 6.17. The standard InChI is InChI=1S/C14H21ClO3Si/c1-9-10(13(16)17)7-8-11(15)12(9)18-19(5,6)14(2,3)4/h7-8H,1-6H3,(H,16,17). The fraction of sp³-hybridized carbons (Fsp3) is 0.500. The normalized spacial score (nSPS) is 12.4. The van der Waals surface area contributed by atoms with Crippen molar-refractivity contribution in [3.63, 3.8) is 0 Å². The van der Waals surface area contributed by atoms with Crippen LogP contribution in [0, 0.1) is 6.92 Å². The van der Waals surface area contributed by atoms with Crippen LogP contribution in [-0.2, 0) is 0 Å². The van der Waals surface area contributed by atoms with Crippen LogP contribution in [0.5, 0.6) is 5.75 Å². The lowest BCUT2D eigenvalue weighted by Crippen LogP contribution is -2.44. The van der Waals surface area contributed by atoms with Gasteiger partial charge < -0.3 is 9.53 Å². The van der Waals surface area contributed by atoms with Crippen LogP contribution in [0.4, 0.5) is 0 Å². The van der Waals surface area contributed by atoms with Crippen LogP contribution in [0.3, 0.4) is 0 Å². The summed E-state index contributed by atoms with van der Waals surface area (Å²) in [5.41, 5.74) is 0.822. The Morgan fingerprint density at radius 3 is 2.26 bits per heavy atom. The molecule has 3 nitrogen and oxygen atoms in total. The molecule has 1 N–H and O–H groups in total. The molecule has 1 aromatic rings. The average molecular weight is 301 g/mol. The maximum absolute atomic E-state index is 11.2. The van der Waals surface area contributed by atoms with Crippen molar-refractivity contribution < 1.29 is 14.3 Å². The number of halogens is 1. The van der Waals surface area contributed by atoms with Gasteiger partial charge in [0, 0.05) is 5.56 Å². The van der Waals surface area contributed by atoms with E-state index >= 15 is 0 Å². The highest BCUT2D eigenvalue weighted by Gasteiger charge is 2.39. The fourth-order valence-corrected chi connectivity index (χ4v) is 2.81. The number of benzene rings is 1. The monoisotopic (exact) mass is 300 g/mol. The highest BCUT2D eigenvalue weighted by molar-refractivity contribution is 6.74. The van der Waals surface area contributed by atoms with Gasteiger partial charge in [0.1, 0.15) is 5.75 Å². The first-order valence-corrected chi connectivity index (χ1v) is 9.47. The second kappa shape index (κ2) is 5.17. The predicted molar refractivity (Wildman–Crippen MR) is 81.0 cm³/mol. The lowest BCUT2D eigenvalue weighted by Gasteiger charge is -2.37. The topological polar surface area (TPSA) is 46.5 Å². The summed E-state index contributed by atoms with van der Waals surface area (Å²) in [5, 5.41) is 9.65. The number of carboxylic acid groups (broad SMARTS) is 1. The fourth-order valence-electron chi connectivity index (χ4n) is 1.42. The first kappa shape index (κ1) is 16.1. The molecule has 0 aliphatic rings. The van der Waals surface area contributed by atoms with Crippen LogP contribution in [0.1, 0.15) is 36.7 Å². The smallest absolute Gasteiger partial charge is 0.336 e. The highest BCUT2D eigenvalue weighted by atomic mass is 35.5. The van der Waals surface area contributed by atoms with Crippen LogP contribution in [0.25, 0.3) is 0 Å². The summed E-state index contributed by atoms with van der Waals surface area (Å²) in [5.74, 6) is -0.456. The molecule has 1 rings (SSSR count). The number of aromatic carboxylic acids is 1. The maximum Gasteiger partial charge on any atom is 0.336 e. The maximum atomic E-state index is 11.2. The van der Waals surface area contributed by atoms with Crippen molar-refractivity contribution >= 4 is 25.9 Å². The van der Waals surface area contributed by atoms with Crippen LogP contribution in [0.15, 0.2) is 12.1 Å². The minimum Gasteiger partial charge on any atom is -0.542 e. The molecule has 19 heavy (non-hydrogen) atoms. The van der Waals surface area contributed by atoms with E-state index < -0.39 is 14.3 Å². The third-order valence-corrected chi connectivity index (χ3v) is 8.38. The van der Waals surface area contributed by atoms with Gasteiger partial charge in [-0.2, -0.15) is 0 Å². The van der Waals surface area contributed by atoms with Crippen LogP contribution in [-0.4, -0.2) is 19.4 Å². The molecule has 0 aromatic heterocycles. The first-order chi connectivity index (χ1) is 8.47. The Bertz CT molecular complexity index is 504. The molecule has 106 valence electrons. The van der Waals surface area contributed by atoms with Gasteiger partial charge in [-0.25, -0.2) is 4.79 Å². The Labute approximate surface area is 120 Å². The van der Waals surface area contributed by atoms with E-state index in [1.807, 2.05) is 0 Å². The van der Waals surface area contributed by atoms with E-state index in [1.54, 1.807) is 13.0 Å². The third kappa shape index (κ3) is 3.31. The number of carboxylic acids is 1. The van der Waals surface area contributed by atoms with Gasteiger partial charge in [0.2, 0.25) is 0 Å². The van der Waals surface area contributed by atoms with E-state index in [-0.39, 0.29) is 10.6 Å². The molecule has 0 spiro atoms. The van der Waals surface area contributed by atoms with E-state index in [9.17, 15) is 4.79 Å². The van der Waals surface area contributed by atoms with Crippen LogP contribution in [0.2, 0.25) is 23.2 Å². The molecule has 0 saturated carbocycles. The summed E-state index contributed by atoms with van der Waals surface area (Å²) < 4.78 is 6.16. The van der Waals surface area contributed by atoms with E-state index in [0.717, 1.165) is 0 Å². The third-order valence-electron chi connectivity index (χ3n) is 3.75. The predicted octanol–water partition coefficient (Wildman–Crippen LogP) is 4.73. The van der Waals surface area contributed by atoms with E-state index in [0.29, 0.717) is 16.3 Å². The van der Waals surface area contributed by atoms with E-state index in [4.69, 9.17) is 21.1 Å². The Kier molecular flexibility index (Phi) is 4.37. The Morgan fingerprint density at radius 1 is 1.32 bits per heavy atom. The van der Waals surface area contributed by atoms with Crippen LogP contribution >= 0.6 is 11.6 Å². The van der Waals surface area contributed by atoms with Gasteiger partial charge in [-0.1, -0.05) is 32.4 Å². The number of hydrogen-bond acceptors (Lipinski definition) is 2. The Morgan fingerprint density at radius 2 is 1.84 bits per heavy atom. The summed E-state index contributed by atoms with van der Waals surface area (Å²) in [4.78, 5) is 11.2. The van der Waals surface area contributed by atoms with Crippen molar-refractivity contribution in [3.8, 4) is 5.75 Å². The van der Waals surface area contributed by atoms with Gasteiger partial charge in [-0.05, 0) is 37.2 Å². The zero-order chi connectivity index (χ0) is 15.0. The molecule has 0 unspecified atom stereocenters. The molecule has 0 fully saturated rings. The number of rotatable bonds is 3. The summed E-state index contributed by atoms with van der Waals surface area (Å²) in [6, 6.07) is 3.10. The van der Waals surface area contributed by atoms with Crippen molar-refractivity contribution in [2.24, 2.45) is 0 Å². The molecule has 0 bridgehead atoms. The molecule has 1 aromatic carbocycles. The lowest BCUT2D eigenvalue weighted by molar-refractivity contribution is 0.0695. The van der Waals surface area contributed by atoms with E-state index in [1.165, 1.54) is 6.07 Å². The SMILES string of the molecule is Cc1c(C(=O)O)ccc(Cl)c1O[Si](C)(C)C(C)(C)C. The van der Waals surface area contributed by atoms with Gasteiger partial charge in [0.05, 0.1) is 10.6 Å². The zero-order valence-electron chi connectivity index (χ0n) is 12.3. The second-order valence-electron chi connectivity index (χ2n) is 6.22. The highest BCUT2D eigenvalue weighted by Crippen LogP contribution is 2.41. The minimum atomic E-state index is -2.04. The average Bonchev–Trinajstić information content (AvgIpc) is 2.21. The number of carbonyl (C=O) groups is 1. The first-order valence-electron chi connectivity index (χ1n) is 6.19. The van der Waals surface area contributed by atoms with Crippen molar-refractivity contribution in [2.45, 2.75) is 45.8 Å². The van der Waals surface area contributed by atoms with Crippen molar-refractivity contribution in [2.75, 3.05) is 0 Å². The summed E-state index contributed by atoms with van der Waals surface area (Å²) in [6.07, 6.45) is 0. The molecular weight excluding hydrogens is 280 g/mol. The minimum absolute atomic E-state index is 0.0298. The van der Waals surface area contributed by atoms with Gasteiger partial charge in [0.15, 0.2) is 0 Å². The van der Waals surface area contributed by atoms with Crippen molar-refractivity contribution in [1.29, 1.82) is 0 Å². The van der Waals surface area contributed by atoms with Crippen molar-refractivity contribution in [1.82, 2.24) is 0 Å². The molecule has 0 atom stereocenters. The lowest BCUT2D eigenvalue weighted by atomic mass is 10.1. The molecule has 5 heteroatoms. The van der Waals surface area contributed by atoms with Gasteiger partial charge in [-0.3, -0.25) is 0 Å². The Hall–Kier alpha value is -1.00. The van der Waals surface area contributed by atoms with E-state index in [2.05, 4.69) is 33.9 Å². The van der Waals surface area contributed by atoms with Gasteiger partial charge in [0.25, 0.3) is 8.32 Å². The molecular formula is C14H21ClO3Si. The largest absolute Gasteiger partial charge is 0.542 e. The van der Waals surface area contributed by atoms with Gasteiger partial charge in [-0.15, -0.1) is 0 Å². The molecule has 0 saturated heterocycles. The molecule has 0 heterocycles. The van der Waals surface area contributed by atoms with Crippen LogP contribution < -0.4 is 4.43 Å². The zero-order valence-corrected chi connectivity index (χ0v) is 14.1. The summed E-state index contributed by atoms with van der Waals surface area (Å²) in [6.45, 7) is 12.3. The molecule has 0 aliphatic heterocycles. The van der Waals surface area contributed by atoms with Crippen molar-refractivity contribution in [3.05, 3.63) is 28.3 Å². The number of hydrogen-bond donors (Lipinski definition) is 1. The summed E-state index contributed by atoms with van der Waals surface area (Å²) in [7, 11) is -2.04. The second-order valence-corrected chi connectivity index (χ2v) is 11.3. The van der Waals surface area contributed by atoms with Gasteiger partial charge >= 0.3 is 5.97 Å². The Balaban J connectivity index is 3.29. The molecule has 0 amide bonds. The molecule has 0 aliphatic carbocycles.